The van der Waals surface area contributed by atoms with E-state index in [2.05, 4.69) is 4.98 Å². The molecule has 2 aromatic rings. The van der Waals surface area contributed by atoms with E-state index < -0.39 is 16.6 Å². The van der Waals surface area contributed by atoms with Crippen LogP contribution in [0.4, 0.5) is 10.1 Å². The van der Waals surface area contributed by atoms with Crippen LogP contribution in [0.1, 0.15) is 11.3 Å². The molecule has 0 aliphatic heterocycles. The van der Waals surface area contributed by atoms with Gasteiger partial charge in [0.1, 0.15) is 17.6 Å². The number of halogens is 1. The topological polar surface area (TPSA) is 79.8 Å². The fourth-order valence-electron chi connectivity index (χ4n) is 1.60. The minimum atomic E-state index is -1.48. The van der Waals surface area contributed by atoms with Crippen LogP contribution in [0.25, 0.3) is 0 Å². The van der Waals surface area contributed by atoms with Crippen LogP contribution in [0.5, 0.6) is 0 Å². The number of pyridine rings is 1. The Morgan fingerprint density at radius 1 is 1.42 bits per heavy atom. The van der Waals surface area contributed by atoms with Crippen molar-refractivity contribution < 1.29 is 8.60 Å². The summed E-state index contributed by atoms with van der Waals surface area (Å²) in [5.41, 5.74) is 6.51. The third kappa shape index (κ3) is 3.14. The van der Waals surface area contributed by atoms with E-state index in [1.54, 1.807) is 12.1 Å². The van der Waals surface area contributed by atoms with Gasteiger partial charge in [-0.2, -0.15) is 5.26 Å². The molecule has 1 heterocycles. The van der Waals surface area contributed by atoms with Gasteiger partial charge in [0.05, 0.1) is 16.6 Å². The molecule has 2 rings (SSSR count). The van der Waals surface area contributed by atoms with Gasteiger partial charge in [-0.3, -0.25) is 4.21 Å². The molecule has 96 valence electrons. The van der Waals surface area contributed by atoms with Gasteiger partial charge in [0.2, 0.25) is 0 Å². The van der Waals surface area contributed by atoms with Crippen LogP contribution in [0.3, 0.4) is 0 Å². The molecule has 0 amide bonds. The van der Waals surface area contributed by atoms with Crippen molar-refractivity contribution in [1.29, 1.82) is 5.26 Å². The lowest BCUT2D eigenvalue weighted by Crippen LogP contribution is -2.01. The highest BCUT2D eigenvalue weighted by molar-refractivity contribution is 7.84. The molecule has 0 fully saturated rings. The summed E-state index contributed by atoms with van der Waals surface area (Å²) in [5.74, 6) is -0.436. The van der Waals surface area contributed by atoms with Crippen molar-refractivity contribution in [3.63, 3.8) is 0 Å². The Bertz CT molecular complexity index is 662. The van der Waals surface area contributed by atoms with Gasteiger partial charge < -0.3 is 5.73 Å². The molecule has 1 unspecified atom stereocenters. The van der Waals surface area contributed by atoms with Crippen molar-refractivity contribution in [2.24, 2.45) is 0 Å². The predicted molar refractivity (Wildman–Crippen MR) is 69.9 cm³/mol. The number of aromatic nitrogens is 1. The number of benzene rings is 1. The lowest BCUT2D eigenvalue weighted by atomic mass is 10.2. The SMILES string of the molecule is N#Cc1ncccc1CS(=O)c1cc(N)cc(F)c1. The van der Waals surface area contributed by atoms with Crippen molar-refractivity contribution in [2.75, 3.05) is 5.73 Å². The van der Waals surface area contributed by atoms with Crippen molar-refractivity contribution >= 4 is 16.5 Å². The maximum absolute atomic E-state index is 13.2. The molecular formula is C13H10FN3OS. The summed E-state index contributed by atoms with van der Waals surface area (Å²) >= 11 is 0. The number of hydrogen-bond donors (Lipinski definition) is 1. The Balaban J connectivity index is 2.29. The van der Waals surface area contributed by atoms with E-state index in [1.165, 1.54) is 18.3 Å². The Morgan fingerprint density at radius 3 is 2.89 bits per heavy atom. The van der Waals surface area contributed by atoms with Crippen LogP contribution in [0.15, 0.2) is 41.4 Å². The molecule has 4 nitrogen and oxygen atoms in total. The van der Waals surface area contributed by atoms with Gasteiger partial charge in [-0.15, -0.1) is 0 Å². The minimum Gasteiger partial charge on any atom is -0.399 e. The van der Waals surface area contributed by atoms with Gasteiger partial charge in [0.25, 0.3) is 0 Å². The van der Waals surface area contributed by atoms with Crippen molar-refractivity contribution in [3.05, 3.63) is 53.6 Å². The zero-order chi connectivity index (χ0) is 13.8. The van der Waals surface area contributed by atoms with Crippen molar-refractivity contribution in [2.45, 2.75) is 10.6 Å². The fraction of sp³-hybridized carbons (Fsp3) is 0.0769. The van der Waals surface area contributed by atoms with Crippen molar-refractivity contribution in [1.82, 2.24) is 4.98 Å². The van der Waals surface area contributed by atoms with E-state index >= 15 is 0 Å². The average molecular weight is 275 g/mol. The third-order valence-electron chi connectivity index (χ3n) is 2.44. The Labute approximate surface area is 112 Å². The quantitative estimate of drug-likeness (QED) is 0.869. The van der Waals surface area contributed by atoms with E-state index in [0.717, 1.165) is 6.07 Å². The predicted octanol–water partition coefficient (Wildman–Crippen LogP) is 1.98. The molecule has 0 bridgehead atoms. The second kappa shape index (κ2) is 5.59. The molecule has 1 aromatic carbocycles. The second-order valence-corrected chi connectivity index (χ2v) is 5.28. The van der Waals surface area contributed by atoms with Crippen LogP contribution >= 0.6 is 0 Å². The maximum Gasteiger partial charge on any atom is 0.144 e. The number of nitrogens with two attached hydrogens (primary N) is 1. The number of rotatable bonds is 3. The van der Waals surface area contributed by atoms with Gasteiger partial charge in [-0.25, -0.2) is 9.37 Å². The lowest BCUT2D eigenvalue weighted by molar-refractivity contribution is 0.623. The maximum atomic E-state index is 13.2. The van der Waals surface area contributed by atoms with Crippen LogP contribution in [-0.4, -0.2) is 9.19 Å². The molecule has 0 aliphatic carbocycles. The standard InChI is InChI=1S/C13H10FN3OS/c14-10-4-11(16)6-12(5-10)19(18)8-9-2-1-3-17-13(9)7-15/h1-6H,8,16H2. The summed E-state index contributed by atoms with van der Waals surface area (Å²) in [6, 6.07) is 9.06. The van der Waals surface area contributed by atoms with Crippen LogP contribution in [-0.2, 0) is 16.6 Å². The third-order valence-corrected chi connectivity index (χ3v) is 3.77. The molecule has 2 N–H and O–H groups in total. The number of nitriles is 1. The summed E-state index contributed by atoms with van der Waals surface area (Å²) in [6.45, 7) is 0. The minimum absolute atomic E-state index is 0.0969. The van der Waals surface area contributed by atoms with E-state index in [-0.39, 0.29) is 17.1 Å². The number of nitrogen functional groups attached to an aromatic ring is 1. The summed E-state index contributed by atoms with van der Waals surface area (Å²) in [7, 11) is -1.48. The average Bonchev–Trinajstić information content (AvgIpc) is 2.38. The van der Waals surface area contributed by atoms with Crippen LogP contribution < -0.4 is 5.73 Å². The molecule has 6 heteroatoms. The van der Waals surface area contributed by atoms with Crippen LogP contribution in [0.2, 0.25) is 0 Å². The molecule has 0 spiro atoms. The Morgan fingerprint density at radius 2 is 2.21 bits per heavy atom. The fourth-order valence-corrected chi connectivity index (χ4v) is 2.79. The smallest absolute Gasteiger partial charge is 0.144 e. The first-order valence-electron chi connectivity index (χ1n) is 5.38. The number of nitrogens with zero attached hydrogens (tertiary/aromatic N) is 2. The molecule has 0 saturated heterocycles. The van der Waals surface area contributed by atoms with Gasteiger partial charge in [0.15, 0.2) is 0 Å². The first kappa shape index (κ1) is 13.2. The Hall–Kier alpha value is -2.26. The summed E-state index contributed by atoms with van der Waals surface area (Å²) < 4.78 is 25.3. The normalized spacial score (nSPS) is 11.8. The largest absolute Gasteiger partial charge is 0.399 e. The first-order chi connectivity index (χ1) is 9.10. The highest BCUT2D eigenvalue weighted by Crippen LogP contribution is 2.18. The van der Waals surface area contributed by atoms with Gasteiger partial charge in [-0.1, -0.05) is 6.07 Å². The van der Waals surface area contributed by atoms with Gasteiger partial charge in [-0.05, 0) is 24.3 Å². The van der Waals surface area contributed by atoms with Crippen LogP contribution in [0, 0.1) is 17.1 Å². The van der Waals surface area contributed by atoms with Gasteiger partial charge in [0, 0.05) is 22.3 Å². The second-order valence-electron chi connectivity index (χ2n) is 3.83. The summed E-state index contributed by atoms with van der Waals surface area (Å²) in [6.07, 6.45) is 1.49. The molecule has 19 heavy (non-hydrogen) atoms. The first-order valence-corrected chi connectivity index (χ1v) is 6.70. The molecule has 1 atom stereocenters. The Kier molecular flexibility index (Phi) is 3.88. The molecule has 1 aromatic heterocycles. The van der Waals surface area contributed by atoms with E-state index in [4.69, 9.17) is 11.0 Å². The number of hydrogen-bond acceptors (Lipinski definition) is 4. The highest BCUT2D eigenvalue weighted by Gasteiger charge is 2.11. The van der Waals surface area contributed by atoms with Crippen molar-refractivity contribution in [3.8, 4) is 6.07 Å². The zero-order valence-corrected chi connectivity index (χ0v) is 10.7. The molecular weight excluding hydrogens is 265 g/mol. The monoisotopic (exact) mass is 275 g/mol. The van der Waals surface area contributed by atoms with Gasteiger partial charge >= 0.3 is 0 Å². The summed E-state index contributed by atoms with van der Waals surface area (Å²) in [5, 5.41) is 8.90. The molecule has 0 radical (unpaired) electrons. The molecule has 0 saturated carbocycles. The van der Waals surface area contributed by atoms with E-state index in [9.17, 15) is 8.60 Å². The van der Waals surface area contributed by atoms with E-state index in [0.29, 0.717) is 10.5 Å². The number of anilines is 1. The lowest BCUT2D eigenvalue weighted by Gasteiger charge is -2.05. The zero-order valence-electron chi connectivity index (χ0n) is 9.84. The molecule has 0 aliphatic rings. The van der Waals surface area contributed by atoms with E-state index in [1.807, 2.05) is 6.07 Å². The summed E-state index contributed by atoms with van der Waals surface area (Å²) in [4.78, 5) is 4.18. The highest BCUT2D eigenvalue weighted by atomic mass is 32.2.